The molecular weight excluding hydrogens is 317 g/mol. The van der Waals surface area contributed by atoms with E-state index in [9.17, 15) is 18.0 Å². The van der Waals surface area contributed by atoms with Crippen LogP contribution in [-0.2, 0) is 11.2 Å². The summed E-state index contributed by atoms with van der Waals surface area (Å²) < 4.78 is 37.4. The largest absolute Gasteiger partial charge is 0.393 e. The molecular formula is C15H22ClF3N2O. The molecule has 126 valence electrons. The number of rotatable bonds is 8. The van der Waals surface area contributed by atoms with Crippen LogP contribution in [0.15, 0.2) is 24.3 Å². The zero-order valence-electron chi connectivity index (χ0n) is 12.3. The van der Waals surface area contributed by atoms with E-state index in [0.29, 0.717) is 19.4 Å². The van der Waals surface area contributed by atoms with E-state index in [2.05, 4.69) is 5.32 Å². The second-order valence-corrected chi connectivity index (χ2v) is 4.95. The van der Waals surface area contributed by atoms with Crippen molar-refractivity contribution < 1.29 is 18.0 Å². The highest BCUT2D eigenvalue weighted by Crippen LogP contribution is 2.26. The lowest BCUT2D eigenvalue weighted by Crippen LogP contribution is -2.16. The molecule has 0 aliphatic rings. The van der Waals surface area contributed by atoms with Crippen LogP contribution in [0.5, 0.6) is 0 Å². The minimum atomic E-state index is -4.29. The first-order valence-corrected chi connectivity index (χ1v) is 7.07. The van der Waals surface area contributed by atoms with E-state index < -0.39 is 12.6 Å². The molecule has 1 aromatic rings. The number of nitrogens with one attached hydrogen (secondary N) is 1. The van der Waals surface area contributed by atoms with Gasteiger partial charge in [0.2, 0.25) is 5.91 Å². The highest BCUT2D eigenvalue weighted by molar-refractivity contribution is 5.91. The maximum Gasteiger partial charge on any atom is 0.393 e. The highest BCUT2D eigenvalue weighted by Gasteiger charge is 2.28. The van der Waals surface area contributed by atoms with E-state index in [0.717, 1.165) is 19.3 Å². The topological polar surface area (TPSA) is 55.1 Å². The lowest BCUT2D eigenvalue weighted by Gasteiger charge is -2.12. The van der Waals surface area contributed by atoms with Gasteiger partial charge in [0.15, 0.2) is 0 Å². The van der Waals surface area contributed by atoms with E-state index in [1.807, 2.05) is 0 Å². The molecule has 0 aliphatic heterocycles. The maximum absolute atomic E-state index is 12.5. The Morgan fingerprint density at radius 2 is 1.73 bits per heavy atom. The average Bonchev–Trinajstić information content (AvgIpc) is 2.39. The lowest BCUT2D eigenvalue weighted by atomic mass is 10.1. The predicted molar refractivity (Wildman–Crippen MR) is 84.2 cm³/mol. The van der Waals surface area contributed by atoms with Gasteiger partial charge < -0.3 is 11.1 Å². The molecule has 0 atom stereocenters. The van der Waals surface area contributed by atoms with Gasteiger partial charge in [0.25, 0.3) is 0 Å². The molecule has 0 aromatic heterocycles. The fourth-order valence-corrected chi connectivity index (χ4v) is 2.01. The molecule has 0 saturated heterocycles. The van der Waals surface area contributed by atoms with Crippen LogP contribution in [-0.4, -0.2) is 18.6 Å². The lowest BCUT2D eigenvalue weighted by molar-refractivity contribution is -0.127. The van der Waals surface area contributed by atoms with Crippen molar-refractivity contribution in [3.8, 4) is 0 Å². The third kappa shape index (κ3) is 8.89. The molecule has 0 radical (unpaired) electrons. The number of carbonyl (C=O) groups is 1. The van der Waals surface area contributed by atoms with E-state index in [1.165, 1.54) is 18.2 Å². The zero-order chi connectivity index (χ0) is 15.7. The normalized spacial score (nSPS) is 10.9. The van der Waals surface area contributed by atoms with Crippen LogP contribution in [0.3, 0.4) is 0 Å². The summed E-state index contributed by atoms with van der Waals surface area (Å²) in [5, 5.41) is 2.56. The van der Waals surface area contributed by atoms with Gasteiger partial charge in [-0.05, 0) is 31.0 Å². The number of amides is 1. The van der Waals surface area contributed by atoms with Gasteiger partial charge in [-0.1, -0.05) is 31.0 Å². The van der Waals surface area contributed by atoms with Gasteiger partial charge in [0.1, 0.15) is 0 Å². The Kier molecular flexibility index (Phi) is 9.85. The number of unbranched alkanes of at least 4 members (excludes halogenated alkanes) is 3. The number of para-hydroxylation sites is 1. The molecule has 0 aliphatic carbocycles. The summed E-state index contributed by atoms with van der Waals surface area (Å²) >= 11 is 0. The second kappa shape index (κ2) is 10.5. The van der Waals surface area contributed by atoms with Crippen LogP contribution in [0.4, 0.5) is 18.9 Å². The first kappa shape index (κ1) is 20.7. The van der Waals surface area contributed by atoms with Crippen LogP contribution in [0.2, 0.25) is 0 Å². The number of halogens is 4. The van der Waals surface area contributed by atoms with E-state index >= 15 is 0 Å². The Labute approximate surface area is 134 Å². The Morgan fingerprint density at radius 1 is 1.09 bits per heavy atom. The summed E-state index contributed by atoms with van der Waals surface area (Å²) in [5.41, 5.74) is 5.69. The number of benzene rings is 1. The Bertz CT molecular complexity index is 453. The van der Waals surface area contributed by atoms with Gasteiger partial charge in [-0.2, -0.15) is 13.2 Å². The van der Waals surface area contributed by atoms with Crippen molar-refractivity contribution in [1.29, 1.82) is 0 Å². The summed E-state index contributed by atoms with van der Waals surface area (Å²) in [6.07, 6.45) is -1.51. The van der Waals surface area contributed by atoms with Crippen molar-refractivity contribution in [3.63, 3.8) is 0 Å². The number of hydrogen-bond acceptors (Lipinski definition) is 2. The first-order chi connectivity index (χ1) is 9.92. The third-order valence-electron chi connectivity index (χ3n) is 3.04. The van der Waals surface area contributed by atoms with Crippen LogP contribution in [0.1, 0.15) is 37.7 Å². The standard InChI is InChI=1S/C15H21F3N2O.ClH/c16-15(17,18)11-12-7-4-5-8-13(12)20-14(21)9-3-1-2-6-10-19;/h4-5,7-8H,1-3,6,9-11,19H2,(H,20,21);1H. The molecule has 0 bridgehead atoms. The number of nitrogens with two attached hydrogens (primary N) is 1. The summed E-state index contributed by atoms with van der Waals surface area (Å²) in [4.78, 5) is 11.7. The molecule has 0 saturated carbocycles. The van der Waals surface area contributed by atoms with Crippen molar-refractivity contribution in [1.82, 2.24) is 0 Å². The van der Waals surface area contributed by atoms with Crippen molar-refractivity contribution in [2.24, 2.45) is 5.73 Å². The van der Waals surface area contributed by atoms with Gasteiger partial charge in [0, 0.05) is 12.1 Å². The van der Waals surface area contributed by atoms with Gasteiger partial charge in [0.05, 0.1) is 6.42 Å². The third-order valence-corrected chi connectivity index (χ3v) is 3.04. The molecule has 0 fully saturated rings. The number of hydrogen-bond donors (Lipinski definition) is 2. The molecule has 1 amide bonds. The minimum absolute atomic E-state index is 0. The van der Waals surface area contributed by atoms with Crippen LogP contribution in [0, 0.1) is 0 Å². The summed E-state index contributed by atoms with van der Waals surface area (Å²) in [6, 6.07) is 6.01. The van der Waals surface area contributed by atoms with Gasteiger partial charge in [-0.25, -0.2) is 0 Å². The van der Waals surface area contributed by atoms with Gasteiger partial charge in [-0.3, -0.25) is 4.79 Å². The molecule has 3 nitrogen and oxygen atoms in total. The molecule has 22 heavy (non-hydrogen) atoms. The summed E-state index contributed by atoms with van der Waals surface area (Å²) in [6.45, 7) is 0.636. The molecule has 3 N–H and O–H groups in total. The summed E-state index contributed by atoms with van der Waals surface area (Å²) in [7, 11) is 0. The van der Waals surface area contributed by atoms with Crippen molar-refractivity contribution >= 4 is 24.0 Å². The van der Waals surface area contributed by atoms with Gasteiger partial charge >= 0.3 is 6.18 Å². The first-order valence-electron chi connectivity index (χ1n) is 7.07. The number of alkyl halides is 3. The van der Waals surface area contributed by atoms with E-state index in [-0.39, 0.29) is 29.6 Å². The summed E-state index contributed by atoms with van der Waals surface area (Å²) in [5.74, 6) is -0.252. The smallest absolute Gasteiger partial charge is 0.330 e. The SMILES string of the molecule is Cl.NCCCCCCC(=O)Nc1ccccc1CC(F)(F)F. The molecule has 7 heteroatoms. The number of carbonyl (C=O) groups excluding carboxylic acids is 1. The van der Waals surface area contributed by atoms with Crippen LogP contribution < -0.4 is 11.1 Å². The van der Waals surface area contributed by atoms with E-state index in [1.54, 1.807) is 6.07 Å². The van der Waals surface area contributed by atoms with Crippen molar-refractivity contribution in [2.75, 3.05) is 11.9 Å². The maximum atomic E-state index is 12.5. The Balaban J connectivity index is 0.00000441. The molecule has 0 spiro atoms. The second-order valence-electron chi connectivity index (χ2n) is 4.95. The van der Waals surface area contributed by atoms with E-state index in [4.69, 9.17) is 5.73 Å². The Hall–Kier alpha value is -1.27. The predicted octanol–water partition coefficient (Wildman–Crippen LogP) is 4.06. The van der Waals surface area contributed by atoms with Gasteiger partial charge in [-0.15, -0.1) is 12.4 Å². The average molecular weight is 339 g/mol. The fourth-order valence-electron chi connectivity index (χ4n) is 2.01. The molecule has 0 unspecified atom stereocenters. The quantitative estimate of drug-likeness (QED) is 0.702. The fraction of sp³-hybridized carbons (Fsp3) is 0.533. The Morgan fingerprint density at radius 3 is 2.36 bits per heavy atom. The van der Waals surface area contributed by atoms with Crippen LogP contribution in [0.25, 0.3) is 0 Å². The van der Waals surface area contributed by atoms with Crippen molar-refractivity contribution in [3.05, 3.63) is 29.8 Å². The highest BCUT2D eigenvalue weighted by atomic mass is 35.5. The molecule has 0 heterocycles. The van der Waals surface area contributed by atoms with Crippen molar-refractivity contribution in [2.45, 2.75) is 44.7 Å². The number of anilines is 1. The minimum Gasteiger partial charge on any atom is -0.330 e. The zero-order valence-corrected chi connectivity index (χ0v) is 13.1. The van der Waals surface area contributed by atoms with Crippen LogP contribution >= 0.6 is 12.4 Å². The monoisotopic (exact) mass is 338 g/mol. The molecule has 1 rings (SSSR count). The molecule has 1 aromatic carbocycles.